The Bertz CT molecular complexity index is 427. The van der Waals surface area contributed by atoms with Crippen molar-refractivity contribution >= 4 is 5.91 Å². The maximum absolute atomic E-state index is 12.1. The van der Waals surface area contributed by atoms with Gasteiger partial charge in [-0.15, -0.1) is 0 Å². The van der Waals surface area contributed by atoms with Gasteiger partial charge in [-0.05, 0) is 32.0 Å². The van der Waals surface area contributed by atoms with Gasteiger partial charge in [0.2, 0.25) is 5.91 Å². The summed E-state index contributed by atoms with van der Waals surface area (Å²) in [6.07, 6.45) is 2.14. The van der Waals surface area contributed by atoms with Crippen molar-refractivity contribution in [1.29, 1.82) is 0 Å². The number of amides is 1. The Morgan fingerprint density at radius 2 is 1.95 bits per heavy atom. The molecule has 1 fully saturated rings. The maximum Gasteiger partial charge on any atom is 0.234 e. The molecule has 1 aromatic rings. The van der Waals surface area contributed by atoms with Gasteiger partial charge in [0.25, 0.3) is 0 Å². The standard InChI is InChI=1S/C17H27N3O/c1-3-20-11-9-16(10-12-20)18-17(21)14-19(2)13-15-7-5-4-6-8-15/h4-8,16H,3,9-14H2,1-2H3,(H,18,21). The van der Waals surface area contributed by atoms with Crippen molar-refractivity contribution in [2.45, 2.75) is 32.4 Å². The zero-order valence-corrected chi connectivity index (χ0v) is 13.2. The molecule has 4 heteroatoms. The summed E-state index contributed by atoms with van der Waals surface area (Å²) in [7, 11) is 1.99. The van der Waals surface area contributed by atoms with E-state index in [1.807, 2.05) is 25.2 Å². The highest BCUT2D eigenvalue weighted by molar-refractivity contribution is 5.78. The van der Waals surface area contributed by atoms with Crippen LogP contribution in [0.1, 0.15) is 25.3 Å². The van der Waals surface area contributed by atoms with E-state index in [0.717, 1.165) is 39.0 Å². The average molecular weight is 289 g/mol. The van der Waals surface area contributed by atoms with Gasteiger partial charge in [-0.25, -0.2) is 0 Å². The predicted molar refractivity (Wildman–Crippen MR) is 86.1 cm³/mol. The van der Waals surface area contributed by atoms with Gasteiger partial charge in [0.15, 0.2) is 0 Å². The molecule has 0 spiro atoms. The largest absolute Gasteiger partial charge is 0.352 e. The van der Waals surface area contributed by atoms with Crippen LogP contribution in [0.3, 0.4) is 0 Å². The van der Waals surface area contributed by atoms with Crippen LogP contribution in [-0.4, -0.2) is 55.0 Å². The summed E-state index contributed by atoms with van der Waals surface area (Å²) in [5, 5.41) is 3.17. The smallest absolute Gasteiger partial charge is 0.234 e. The van der Waals surface area contributed by atoms with Gasteiger partial charge < -0.3 is 10.2 Å². The minimum absolute atomic E-state index is 0.142. The molecule has 0 radical (unpaired) electrons. The first kappa shape index (κ1) is 16.0. The lowest BCUT2D eigenvalue weighted by Crippen LogP contribution is -2.46. The van der Waals surface area contributed by atoms with Gasteiger partial charge in [0.1, 0.15) is 0 Å². The second kappa shape index (κ2) is 8.15. The first-order chi connectivity index (χ1) is 10.2. The van der Waals surface area contributed by atoms with Crippen molar-refractivity contribution in [3.05, 3.63) is 35.9 Å². The Hall–Kier alpha value is -1.39. The summed E-state index contributed by atoms with van der Waals surface area (Å²) >= 11 is 0. The summed E-state index contributed by atoms with van der Waals surface area (Å²) in [5.74, 6) is 0.142. The van der Waals surface area contributed by atoms with Crippen molar-refractivity contribution in [2.24, 2.45) is 0 Å². The van der Waals surface area contributed by atoms with Gasteiger partial charge in [0, 0.05) is 25.7 Å². The van der Waals surface area contributed by atoms with Gasteiger partial charge in [-0.2, -0.15) is 0 Å². The highest BCUT2D eigenvalue weighted by Crippen LogP contribution is 2.09. The van der Waals surface area contributed by atoms with Crippen molar-refractivity contribution in [3.63, 3.8) is 0 Å². The number of nitrogens with one attached hydrogen (secondary N) is 1. The van der Waals surface area contributed by atoms with Crippen molar-refractivity contribution < 1.29 is 4.79 Å². The van der Waals surface area contributed by atoms with Crippen LogP contribution in [0, 0.1) is 0 Å². The van der Waals surface area contributed by atoms with E-state index in [2.05, 4.69) is 34.2 Å². The molecular weight excluding hydrogens is 262 g/mol. The summed E-state index contributed by atoms with van der Waals surface area (Å²) < 4.78 is 0. The van der Waals surface area contributed by atoms with Crippen LogP contribution < -0.4 is 5.32 Å². The summed E-state index contributed by atoms with van der Waals surface area (Å²) in [6.45, 7) is 6.77. The van der Waals surface area contributed by atoms with Gasteiger partial charge in [-0.3, -0.25) is 9.69 Å². The number of likely N-dealkylation sites (tertiary alicyclic amines) is 1. The lowest BCUT2D eigenvalue weighted by Gasteiger charge is -2.31. The first-order valence-corrected chi connectivity index (χ1v) is 7.91. The molecule has 0 bridgehead atoms. The van der Waals surface area contributed by atoms with Crippen LogP contribution in [0.5, 0.6) is 0 Å². The highest BCUT2D eigenvalue weighted by Gasteiger charge is 2.19. The molecule has 1 saturated heterocycles. The second-order valence-electron chi connectivity index (χ2n) is 5.93. The quantitative estimate of drug-likeness (QED) is 0.866. The zero-order valence-electron chi connectivity index (χ0n) is 13.2. The monoisotopic (exact) mass is 289 g/mol. The lowest BCUT2D eigenvalue weighted by molar-refractivity contribution is -0.123. The van der Waals surface area contributed by atoms with E-state index in [-0.39, 0.29) is 5.91 Å². The number of carbonyl (C=O) groups is 1. The fourth-order valence-corrected chi connectivity index (χ4v) is 2.86. The molecular formula is C17H27N3O. The molecule has 0 aromatic heterocycles. The molecule has 4 nitrogen and oxygen atoms in total. The Morgan fingerprint density at radius 1 is 1.29 bits per heavy atom. The number of rotatable bonds is 6. The zero-order chi connectivity index (χ0) is 15.1. The van der Waals surface area contributed by atoms with E-state index < -0.39 is 0 Å². The molecule has 1 heterocycles. The van der Waals surface area contributed by atoms with E-state index >= 15 is 0 Å². The third kappa shape index (κ3) is 5.48. The molecule has 116 valence electrons. The third-order valence-electron chi connectivity index (χ3n) is 4.11. The molecule has 0 aliphatic carbocycles. The lowest BCUT2D eigenvalue weighted by atomic mass is 10.1. The molecule has 1 amide bonds. The summed E-state index contributed by atoms with van der Waals surface area (Å²) in [5.41, 5.74) is 1.24. The van der Waals surface area contributed by atoms with E-state index in [9.17, 15) is 4.79 Å². The number of hydrogen-bond donors (Lipinski definition) is 1. The fourth-order valence-electron chi connectivity index (χ4n) is 2.86. The highest BCUT2D eigenvalue weighted by atomic mass is 16.2. The van der Waals surface area contributed by atoms with Crippen LogP contribution in [0.2, 0.25) is 0 Å². The number of nitrogens with zero attached hydrogens (tertiary/aromatic N) is 2. The summed E-state index contributed by atoms with van der Waals surface area (Å²) in [4.78, 5) is 16.6. The number of likely N-dealkylation sites (N-methyl/N-ethyl adjacent to an activating group) is 1. The average Bonchev–Trinajstić information content (AvgIpc) is 2.48. The van der Waals surface area contributed by atoms with Crippen molar-refractivity contribution in [3.8, 4) is 0 Å². The predicted octanol–water partition coefficient (Wildman–Crippen LogP) is 1.72. The van der Waals surface area contributed by atoms with Crippen LogP contribution in [0.25, 0.3) is 0 Å². The van der Waals surface area contributed by atoms with E-state index in [4.69, 9.17) is 0 Å². The molecule has 1 aromatic carbocycles. The molecule has 1 aliphatic rings. The SMILES string of the molecule is CCN1CCC(NC(=O)CN(C)Cc2ccccc2)CC1. The molecule has 0 unspecified atom stereocenters. The second-order valence-corrected chi connectivity index (χ2v) is 5.93. The molecule has 1 N–H and O–H groups in total. The first-order valence-electron chi connectivity index (χ1n) is 7.91. The van der Waals surface area contributed by atoms with Crippen LogP contribution in [0.15, 0.2) is 30.3 Å². The molecule has 21 heavy (non-hydrogen) atoms. The van der Waals surface area contributed by atoms with E-state index in [0.29, 0.717) is 12.6 Å². The molecule has 0 saturated carbocycles. The Kier molecular flexibility index (Phi) is 6.21. The topological polar surface area (TPSA) is 35.6 Å². The van der Waals surface area contributed by atoms with Crippen molar-refractivity contribution in [1.82, 2.24) is 15.1 Å². The maximum atomic E-state index is 12.1. The summed E-state index contributed by atoms with van der Waals surface area (Å²) in [6, 6.07) is 10.6. The molecule has 0 atom stereocenters. The van der Waals surface area contributed by atoms with Gasteiger partial charge in [-0.1, -0.05) is 37.3 Å². The fraction of sp³-hybridized carbons (Fsp3) is 0.588. The van der Waals surface area contributed by atoms with Gasteiger partial charge >= 0.3 is 0 Å². The van der Waals surface area contributed by atoms with Crippen LogP contribution in [-0.2, 0) is 11.3 Å². The molecule has 1 aliphatic heterocycles. The molecule has 2 rings (SSSR count). The van der Waals surface area contributed by atoms with E-state index in [1.165, 1.54) is 5.56 Å². The van der Waals surface area contributed by atoms with Crippen LogP contribution >= 0.6 is 0 Å². The van der Waals surface area contributed by atoms with Gasteiger partial charge in [0.05, 0.1) is 6.54 Å². The third-order valence-corrected chi connectivity index (χ3v) is 4.11. The number of piperidine rings is 1. The minimum atomic E-state index is 0.142. The number of carbonyl (C=O) groups excluding carboxylic acids is 1. The Balaban J connectivity index is 1.69. The Morgan fingerprint density at radius 3 is 2.57 bits per heavy atom. The minimum Gasteiger partial charge on any atom is -0.352 e. The Labute approximate surface area is 128 Å². The van der Waals surface area contributed by atoms with E-state index in [1.54, 1.807) is 0 Å². The number of hydrogen-bond acceptors (Lipinski definition) is 3. The normalized spacial score (nSPS) is 17.1. The van der Waals surface area contributed by atoms with Crippen molar-refractivity contribution in [2.75, 3.05) is 33.2 Å². The van der Waals surface area contributed by atoms with Crippen LogP contribution in [0.4, 0.5) is 0 Å². The number of benzene rings is 1.